The fraction of sp³-hybridized carbons (Fsp3) is 0.791. The first-order valence-corrected chi connectivity index (χ1v) is 19.9. The Morgan fingerprint density at radius 2 is 1.62 bits per heavy atom. The van der Waals surface area contributed by atoms with Gasteiger partial charge in [-0.25, -0.2) is 0 Å². The molecule has 0 radical (unpaired) electrons. The second kappa shape index (κ2) is 12.9. The number of nitrogens with one attached hydrogen (secondary N) is 1. The van der Waals surface area contributed by atoms with Gasteiger partial charge in [-0.2, -0.15) is 13.2 Å². The van der Waals surface area contributed by atoms with Crippen LogP contribution in [0.5, 0.6) is 0 Å². The van der Waals surface area contributed by atoms with Crippen LogP contribution in [-0.4, -0.2) is 29.1 Å². The molecule has 0 saturated heterocycles. The van der Waals surface area contributed by atoms with Gasteiger partial charge in [0.15, 0.2) is 0 Å². The Bertz CT molecular complexity index is 1660. The Hall–Kier alpha value is -2.78. The molecule has 0 aliphatic heterocycles. The molecule has 5 aliphatic carbocycles. The van der Waals surface area contributed by atoms with Gasteiger partial charge in [0.1, 0.15) is 6.10 Å². The van der Waals surface area contributed by atoms with Gasteiger partial charge in [0.25, 0.3) is 0 Å². The lowest BCUT2D eigenvalue weighted by Gasteiger charge is -2.72. The largest absolute Gasteiger partial charge is 0.481 e. The van der Waals surface area contributed by atoms with Crippen molar-refractivity contribution in [3.05, 3.63) is 35.3 Å². The summed E-state index contributed by atoms with van der Waals surface area (Å²) in [6, 6.07) is 0. The maximum Gasteiger partial charge on any atom is 0.449 e. The third-order valence-corrected chi connectivity index (χ3v) is 16.7. The molecular weight excluding hydrogens is 683 g/mol. The Kier molecular flexibility index (Phi) is 9.71. The molecule has 5 aliphatic rings. The van der Waals surface area contributed by atoms with Crippen LogP contribution in [0.15, 0.2) is 22.8 Å². The van der Waals surface area contributed by atoms with Crippen LogP contribution < -0.4 is 5.32 Å². The lowest BCUT2D eigenvalue weighted by Crippen LogP contribution is -2.67. The van der Waals surface area contributed by atoms with Crippen LogP contribution in [0.4, 0.5) is 13.2 Å². The molecule has 1 aromatic rings. The predicted octanol–water partition coefficient (Wildman–Crippen LogP) is 10.3. The van der Waals surface area contributed by atoms with E-state index in [-0.39, 0.29) is 70.0 Å². The van der Waals surface area contributed by atoms with E-state index in [0.717, 1.165) is 63.2 Å². The fourth-order valence-electron chi connectivity index (χ4n) is 13.6. The Morgan fingerprint density at radius 3 is 2.25 bits per heavy atom. The zero-order valence-corrected chi connectivity index (χ0v) is 33.4. The van der Waals surface area contributed by atoms with E-state index in [4.69, 9.17) is 9.15 Å². The molecule has 2 N–H and O–H groups in total. The van der Waals surface area contributed by atoms with Crippen LogP contribution in [0.3, 0.4) is 0 Å². The van der Waals surface area contributed by atoms with Crippen molar-refractivity contribution in [1.82, 2.24) is 5.32 Å². The summed E-state index contributed by atoms with van der Waals surface area (Å²) >= 11 is 0. The number of esters is 1. The number of halogens is 3. The number of aliphatic carboxylic acids is 1. The number of aryl methyl sites for hydroxylation is 1. The molecule has 1 unspecified atom stereocenters. The van der Waals surface area contributed by atoms with E-state index in [0.29, 0.717) is 30.2 Å². The van der Waals surface area contributed by atoms with Crippen molar-refractivity contribution in [2.24, 2.45) is 62.1 Å². The third-order valence-electron chi connectivity index (χ3n) is 16.7. The number of hydrogen-bond acceptors (Lipinski definition) is 5. The maximum atomic E-state index is 14.5. The van der Waals surface area contributed by atoms with Crippen LogP contribution in [0.25, 0.3) is 0 Å². The molecule has 1 heterocycles. The number of carbonyl (C=O) groups is 3. The Balaban J connectivity index is 1.26. The van der Waals surface area contributed by atoms with Crippen molar-refractivity contribution in [2.45, 2.75) is 152 Å². The van der Waals surface area contributed by atoms with Gasteiger partial charge < -0.3 is 19.6 Å². The van der Waals surface area contributed by atoms with E-state index in [1.165, 1.54) is 0 Å². The molecule has 10 atom stereocenters. The molecule has 5 saturated carbocycles. The summed E-state index contributed by atoms with van der Waals surface area (Å²) in [7, 11) is 0. The van der Waals surface area contributed by atoms with Crippen molar-refractivity contribution in [2.75, 3.05) is 0 Å². The molecular formula is C43H62F3NO6. The Labute approximate surface area is 313 Å². The molecule has 1 amide bonds. The normalized spacial score (nSPS) is 39.2. The summed E-state index contributed by atoms with van der Waals surface area (Å²) in [6.07, 6.45) is 4.92. The van der Waals surface area contributed by atoms with Crippen LogP contribution in [0, 0.1) is 69.0 Å². The van der Waals surface area contributed by atoms with Gasteiger partial charge in [0, 0.05) is 17.5 Å². The highest BCUT2D eigenvalue weighted by Gasteiger charge is 2.72. The minimum atomic E-state index is -4.64. The van der Waals surface area contributed by atoms with Gasteiger partial charge in [-0.15, -0.1) is 0 Å². The number of rotatable bonds is 8. The first-order chi connectivity index (χ1) is 24.4. The smallest absolute Gasteiger partial charge is 0.449 e. The molecule has 1 aromatic heterocycles. The van der Waals surface area contributed by atoms with Gasteiger partial charge in [-0.1, -0.05) is 46.8 Å². The first-order valence-electron chi connectivity index (χ1n) is 19.9. The minimum Gasteiger partial charge on any atom is -0.481 e. The average molecular weight is 746 g/mol. The van der Waals surface area contributed by atoms with Crippen LogP contribution in [0.1, 0.15) is 143 Å². The molecule has 0 spiro atoms. The van der Waals surface area contributed by atoms with E-state index < -0.39 is 34.7 Å². The molecule has 7 nitrogen and oxygen atoms in total. The predicted molar refractivity (Wildman–Crippen MR) is 195 cm³/mol. The molecule has 6 rings (SSSR count). The highest BCUT2D eigenvalue weighted by atomic mass is 19.4. The maximum absolute atomic E-state index is 14.5. The molecule has 10 heteroatoms. The minimum absolute atomic E-state index is 0.00658. The summed E-state index contributed by atoms with van der Waals surface area (Å²) in [5.41, 5.74) is -0.710. The van der Waals surface area contributed by atoms with E-state index in [1.807, 2.05) is 0 Å². The number of hydrogen-bond donors (Lipinski definition) is 2. The van der Waals surface area contributed by atoms with Gasteiger partial charge in [0.05, 0.1) is 23.5 Å². The average Bonchev–Trinajstić information content (AvgIpc) is 3.63. The van der Waals surface area contributed by atoms with Crippen molar-refractivity contribution >= 4 is 17.8 Å². The number of carbonyl (C=O) groups excluding carboxylic acids is 2. The summed E-state index contributed by atoms with van der Waals surface area (Å²) in [5.74, 6) is -1.37. The van der Waals surface area contributed by atoms with E-state index in [9.17, 15) is 32.7 Å². The fourth-order valence-corrected chi connectivity index (χ4v) is 13.6. The lowest BCUT2D eigenvalue weighted by atomic mass is 9.32. The van der Waals surface area contributed by atoms with Gasteiger partial charge in [-0.3, -0.25) is 14.4 Å². The van der Waals surface area contributed by atoms with Crippen molar-refractivity contribution in [3.8, 4) is 0 Å². The highest BCUT2D eigenvalue weighted by molar-refractivity contribution is 5.84. The van der Waals surface area contributed by atoms with Gasteiger partial charge >= 0.3 is 18.1 Å². The third kappa shape index (κ3) is 6.00. The lowest BCUT2D eigenvalue weighted by molar-refractivity contribution is -0.249. The number of carboxylic acids is 1. The molecule has 296 valence electrons. The number of furan rings is 1. The summed E-state index contributed by atoms with van der Waals surface area (Å²) in [4.78, 5) is 39.3. The topological polar surface area (TPSA) is 106 Å². The number of ether oxygens (including phenoxy) is 1. The zero-order valence-electron chi connectivity index (χ0n) is 33.4. The summed E-state index contributed by atoms with van der Waals surface area (Å²) < 4.78 is 52.3. The standard InChI is InChI=1S/C43H62F3NO6/c1-24(2)26-13-18-42(35(49)47-22-27-25(3)23-52-34(27)43(44,45)46)20-19-40(9)28(33(26)42)11-12-30-39(8)16-15-31(53-32(48)21-37(4,5)36(50)51)38(6,7)29(39)14-17-41(30,40)10/h23,26,28-31,33H,1,11-22H2,2-10H3,(H,47,49)(H,50,51)/t26?,28-,29+,30-,31+,33-,39+,40-,41-,42+/m1/s1. The van der Waals surface area contributed by atoms with E-state index in [1.54, 1.807) is 20.8 Å². The Morgan fingerprint density at radius 1 is 0.943 bits per heavy atom. The SMILES string of the molecule is C=C(C)C1CC[C@]2(C(=O)NCc3c(C)coc3C(F)(F)F)CC[C@]3(C)[C@H](CC[C@@H]4[C@@]5(C)CC[C@H](OC(=O)CC(C)(C)C(=O)O)C(C)(C)[C@@H]5CC[C@]43C)[C@@H]12. The van der Waals surface area contributed by atoms with Gasteiger partial charge in [-0.05, 0) is 143 Å². The van der Waals surface area contributed by atoms with Crippen LogP contribution in [-0.2, 0) is 31.8 Å². The summed E-state index contributed by atoms with van der Waals surface area (Å²) in [5, 5.41) is 12.6. The first kappa shape index (κ1) is 39.9. The number of amides is 1. The second-order valence-corrected chi connectivity index (χ2v) is 20.0. The second-order valence-electron chi connectivity index (χ2n) is 20.0. The molecule has 0 bridgehead atoms. The number of fused-ring (bicyclic) bond motifs is 7. The highest BCUT2D eigenvalue weighted by Crippen LogP contribution is 2.77. The molecule has 53 heavy (non-hydrogen) atoms. The van der Waals surface area contributed by atoms with Crippen molar-refractivity contribution < 1.29 is 41.8 Å². The van der Waals surface area contributed by atoms with Crippen molar-refractivity contribution in [1.29, 1.82) is 0 Å². The zero-order chi connectivity index (χ0) is 39.3. The summed E-state index contributed by atoms with van der Waals surface area (Å²) in [6.45, 7) is 22.9. The molecule has 5 fully saturated rings. The molecule has 0 aromatic carbocycles. The van der Waals surface area contributed by atoms with E-state index >= 15 is 0 Å². The monoisotopic (exact) mass is 745 g/mol. The van der Waals surface area contributed by atoms with Crippen molar-refractivity contribution in [3.63, 3.8) is 0 Å². The number of allylic oxidation sites excluding steroid dienone is 1. The number of alkyl halides is 3. The number of carboxylic acid groups (broad SMARTS) is 1. The quantitative estimate of drug-likeness (QED) is 0.203. The van der Waals surface area contributed by atoms with Crippen LogP contribution in [0.2, 0.25) is 0 Å². The van der Waals surface area contributed by atoms with Crippen LogP contribution >= 0.6 is 0 Å². The van der Waals surface area contributed by atoms with Gasteiger partial charge in [0.2, 0.25) is 11.7 Å². The van der Waals surface area contributed by atoms with E-state index in [2.05, 4.69) is 53.4 Å².